The summed E-state index contributed by atoms with van der Waals surface area (Å²) in [4.78, 5) is 17.8. The van der Waals surface area contributed by atoms with Crippen molar-refractivity contribution in [3.05, 3.63) is 77.9 Å². The number of carbonyl (C=O) groups is 1. The first-order valence-corrected chi connectivity index (χ1v) is 11.1. The van der Waals surface area contributed by atoms with Crippen LogP contribution in [0.1, 0.15) is 36.9 Å². The number of para-hydroxylation sites is 2. The molecular weight excluding hydrogens is 414 g/mol. The summed E-state index contributed by atoms with van der Waals surface area (Å²) < 4.78 is 12.9. The maximum absolute atomic E-state index is 12.9. The van der Waals surface area contributed by atoms with Crippen LogP contribution in [-0.4, -0.2) is 29.7 Å². The van der Waals surface area contributed by atoms with Crippen LogP contribution in [0.4, 0.5) is 0 Å². The van der Waals surface area contributed by atoms with E-state index in [0.717, 1.165) is 41.4 Å². The Labute approximate surface area is 194 Å². The number of hydrogen-bond donors (Lipinski definition) is 1. The number of unbranched alkanes of at least 4 members (excludes halogenated alkanes) is 1. The molecule has 0 saturated carbocycles. The Bertz CT molecular complexity index is 1280. The van der Waals surface area contributed by atoms with Gasteiger partial charge in [0.15, 0.2) is 0 Å². The van der Waals surface area contributed by atoms with E-state index < -0.39 is 11.9 Å². The number of amides is 1. The van der Waals surface area contributed by atoms with E-state index >= 15 is 0 Å². The molecule has 4 rings (SSSR count). The first-order valence-electron chi connectivity index (χ1n) is 11.1. The average molecular weight is 444 g/mol. The van der Waals surface area contributed by atoms with Crippen molar-refractivity contribution in [2.24, 2.45) is 5.73 Å². The van der Waals surface area contributed by atoms with Crippen molar-refractivity contribution in [1.29, 1.82) is 0 Å². The maximum atomic E-state index is 12.9. The van der Waals surface area contributed by atoms with Crippen LogP contribution in [0.3, 0.4) is 0 Å². The molecule has 1 amide bonds. The fourth-order valence-corrected chi connectivity index (χ4v) is 4.22. The van der Waals surface area contributed by atoms with Gasteiger partial charge in [0.2, 0.25) is 5.91 Å². The molecule has 1 unspecified atom stereocenters. The molecule has 1 heterocycles. The number of aromatic nitrogens is 2. The number of nitrogens with zero attached hydrogens (tertiary/aromatic N) is 2. The molecule has 3 aromatic carbocycles. The van der Waals surface area contributed by atoms with E-state index in [4.69, 9.17) is 20.2 Å². The summed E-state index contributed by atoms with van der Waals surface area (Å²) in [6, 6.07) is 20.7. The summed E-state index contributed by atoms with van der Waals surface area (Å²) in [5.41, 5.74) is 10.4. The molecule has 33 heavy (non-hydrogen) atoms. The molecule has 0 fully saturated rings. The zero-order valence-electron chi connectivity index (χ0n) is 19.2. The van der Waals surface area contributed by atoms with Crippen molar-refractivity contribution in [2.45, 2.75) is 32.2 Å². The Morgan fingerprint density at radius 3 is 2.58 bits per heavy atom. The Hall–Kier alpha value is -3.80. The molecule has 0 aliphatic heterocycles. The van der Waals surface area contributed by atoms with Crippen LogP contribution in [0.2, 0.25) is 0 Å². The predicted molar refractivity (Wildman–Crippen MR) is 131 cm³/mol. The second-order valence-corrected chi connectivity index (χ2v) is 8.01. The minimum atomic E-state index is -0.721. The lowest BCUT2D eigenvalue weighted by atomic mass is 9.99. The highest BCUT2D eigenvalue weighted by Crippen LogP contribution is 2.37. The summed E-state index contributed by atoms with van der Waals surface area (Å²) in [5.74, 6) is 1.44. The minimum absolute atomic E-state index is 0.445. The lowest BCUT2D eigenvalue weighted by Gasteiger charge is -2.21. The number of hydrogen-bond acceptors (Lipinski definition) is 4. The fourth-order valence-electron chi connectivity index (χ4n) is 4.22. The van der Waals surface area contributed by atoms with Crippen LogP contribution in [0.15, 0.2) is 66.7 Å². The third-order valence-electron chi connectivity index (χ3n) is 5.86. The van der Waals surface area contributed by atoms with Crippen molar-refractivity contribution in [2.75, 3.05) is 14.2 Å². The van der Waals surface area contributed by atoms with Gasteiger partial charge in [-0.05, 0) is 48.2 Å². The highest BCUT2D eigenvalue weighted by atomic mass is 16.5. The highest BCUT2D eigenvalue weighted by molar-refractivity contribution is 5.89. The van der Waals surface area contributed by atoms with Gasteiger partial charge in [0.05, 0.1) is 30.8 Å². The van der Waals surface area contributed by atoms with E-state index in [9.17, 15) is 4.79 Å². The van der Waals surface area contributed by atoms with Crippen molar-refractivity contribution in [1.82, 2.24) is 9.55 Å². The monoisotopic (exact) mass is 443 g/mol. The van der Waals surface area contributed by atoms with Crippen molar-refractivity contribution in [3.8, 4) is 22.9 Å². The summed E-state index contributed by atoms with van der Waals surface area (Å²) in [7, 11) is 3.21. The van der Waals surface area contributed by atoms with Crippen molar-refractivity contribution >= 4 is 16.9 Å². The maximum Gasteiger partial charge on any atom is 0.245 e. The van der Waals surface area contributed by atoms with Crippen LogP contribution >= 0.6 is 0 Å². The van der Waals surface area contributed by atoms with Crippen LogP contribution in [0.25, 0.3) is 22.4 Å². The lowest BCUT2D eigenvalue weighted by Crippen LogP contribution is -2.28. The topological polar surface area (TPSA) is 79.4 Å². The van der Waals surface area contributed by atoms with Gasteiger partial charge in [0.1, 0.15) is 23.4 Å². The van der Waals surface area contributed by atoms with Crippen molar-refractivity contribution < 1.29 is 14.3 Å². The molecule has 170 valence electrons. The van der Waals surface area contributed by atoms with E-state index in [1.165, 1.54) is 5.56 Å². The normalized spacial score (nSPS) is 12.0. The molecule has 1 aromatic heterocycles. The van der Waals surface area contributed by atoms with E-state index in [0.29, 0.717) is 17.3 Å². The molecule has 0 bridgehead atoms. The van der Waals surface area contributed by atoms with Gasteiger partial charge in [-0.1, -0.05) is 49.7 Å². The third kappa shape index (κ3) is 4.42. The summed E-state index contributed by atoms with van der Waals surface area (Å²) in [6.07, 6.45) is 3.16. The zero-order valence-corrected chi connectivity index (χ0v) is 19.2. The standard InChI is InChI=1S/C27H29N3O3/c1-4-5-9-18-10-8-11-19(16-18)25(26(28)31)30-23-13-7-6-12-22(23)29-27(30)21-15-14-20(32-2)17-24(21)33-3/h6-8,10-17,25H,4-5,9H2,1-3H3,(H2,28,31). The second kappa shape index (κ2) is 9.77. The van der Waals surface area contributed by atoms with Gasteiger partial charge in [-0.2, -0.15) is 0 Å². The smallest absolute Gasteiger partial charge is 0.245 e. The summed E-state index contributed by atoms with van der Waals surface area (Å²) >= 11 is 0. The van der Waals surface area contributed by atoms with Crippen LogP contribution in [0.5, 0.6) is 11.5 Å². The van der Waals surface area contributed by atoms with Crippen LogP contribution in [-0.2, 0) is 11.2 Å². The Kier molecular flexibility index (Phi) is 6.63. The van der Waals surface area contributed by atoms with E-state index in [1.54, 1.807) is 14.2 Å². The molecule has 4 aromatic rings. The molecule has 6 heteroatoms. The number of imidazole rings is 1. The SMILES string of the molecule is CCCCc1cccc(C(C(N)=O)n2c(-c3ccc(OC)cc3OC)nc3ccccc32)c1. The Morgan fingerprint density at radius 1 is 1.03 bits per heavy atom. The quantitative estimate of drug-likeness (QED) is 0.389. The van der Waals surface area contributed by atoms with Crippen LogP contribution < -0.4 is 15.2 Å². The number of fused-ring (bicyclic) bond motifs is 1. The summed E-state index contributed by atoms with van der Waals surface area (Å²) in [6.45, 7) is 2.17. The van der Waals surface area contributed by atoms with E-state index in [2.05, 4.69) is 19.1 Å². The molecule has 0 spiro atoms. The van der Waals surface area contributed by atoms with Crippen LogP contribution in [0, 0.1) is 0 Å². The molecule has 1 atom stereocenters. The molecule has 6 nitrogen and oxygen atoms in total. The van der Waals surface area contributed by atoms with Gasteiger partial charge >= 0.3 is 0 Å². The third-order valence-corrected chi connectivity index (χ3v) is 5.86. The largest absolute Gasteiger partial charge is 0.497 e. The summed E-state index contributed by atoms with van der Waals surface area (Å²) in [5, 5.41) is 0. The number of nitrogens with two attached hydrogens (primary N) is 1. The van der Waals surface area contributed by atoms with Gasteiger partial charge in [0, 0.05) is 6.07 Å². The van der Waals surface area contributed by atoms with Gasteiger partial charge in [0.25, 0.3) is 0 Å². The van der Waals surface area contributed by atoms with Gasteiger partial charge in [-0.15, -0.1) is 0 Å². The molecule has 0 saturated heterocycles. The predicted octanol–water partition coefficient (Wildman–Crippen LogP) is 5.14. The molecule has 2 N–H and O–H groups in total. The molecule has 0 radical (unpaired) electrons. The zero-order chi connectivity index (χ0) is 23.4. The van der Waals surface area contributed by atoms with Gasteiger partial charge < -0.3 is 19.8 Å². The molecule has 0 aliphatic rings. The molecular formula is C27H29N3O3. The number of rotatable bonds is 9. The first kappa shape index (κ1) is 22.4. The van der Waals surface area contributed by atoms with Crippen molar-refractivity contribution in [3.63, 3.8) is 0 Å². The Morgan fingerprint density at radius 2 is 1.85 bits per heavy atom. The highest BCUT2D eigenvalue weighted by Gasteiger charge is 2.27. The van der Waals surface area contributed by atoms with Gasteiger partial charge in [-0.25, -0.2) is 4.98 Å². The number of aryl methyl sites for hydroxylation is 1. The second-order valence-electron chi connectivity index (χ2n) is 8.01. The van der Waals surface area contributed by atoms with E-state index in [1.807, 2.05) is 59.2 Å². The number of carbonyl (C=O) groups excluding carboxylic acids is 1. The number of benzene rings is 3. The van der Waals surface area contributed by atoms with E-state index in [-0.39, 0.29) is 0 Å². The molecule has 0 aliphatic carbocycles. The van der Waals surface area contributed by atoms with Gasteiger partial charge in [-0.3, -0.25) is 4.79 Å². The number of ether oxygens (including phenoxy) is 2. The number of primary amides is 1. The lowest BCUT2D eigenvalue weighted by molar-refractivity contribution is -0.120. The Balaban J connectivity index is 1.95. The minimum Gasteiger partial charge on any atom is -0.497 e. The first-order chi connectivity index (χ1) is 16.1. The number of methoxy groups -OCH3 is 2. The fraction of sp³-hybridized carbons (Fsp3) is 0.259. The average Bonchev–Trinajstić information content (AvgIpc) is 3.21.